The second-order valence-electron chi connectivity index (χ2n) is 5.46. The number of nitrogens with zero attached hydrogens (tertiary/aromatic N) is 2. The van der Waals surface area contributed by atoms with E-state index in [1.165, 1.54) is 22.5 Å². The Morgan fingerprint density at radius 1 is 1.30 bits per heavy atom. The molecule has 20 heavy (non-hydrogen) atoms. The Labute approximate surface area is 123 Å². The number of anilines is 1. The van der Waals surface area contributed by atoms with Crippen LogP contribution in [-0.4, -0.2) is 17.8 Å². The lowest BCUT2D eigenvalue weighted by Crippen LogP contribution is -2.30. The molecule has 1 aliphatic rings. The van der Waals surface area contributed by atoms with Crippen LogP contribution >= 0.6 is 11.3 Å². The molecule has 1 aromatic carbocycles. The zero-order valence-corrected chi connectivity index (χ0v) is 12.6. The second kappa shape index (κ2) is 5.37. The molecule has 3 rings (SSSR count). The first-order chi connectivity index (χ1) is 9.69. The SMILES string of the molecule is CC(C)c1nc(N2CCc3ccccc3C2)sc1C=O. The van der Waals surface area contributed by atoms with Crippen LogP contribution in [0.1, 0.15) is 46.3 Å². The van der Waals surface area contributed by atoms with Gasteiger partial charge in [0.15, 0.2) is 11.4 Å². The number of rotatable bonds is 3. The van der Waals surface area contributed by atoms with Gasteiger partial charge in [0.2, 0.25) is 0 Å². The molecule has 0 N–H and O–H groups in total. The third-order valence-corrected chi connectivity index (χ3v) is 4.78. The molecule has 0 fully saturated rings. The third kappa shape index (κ3) is 2.36. The summed E-state index contributed by atoms with van der Waals surface area (Å²) < 4.78 is 0. The van der Waals surface area contributed by atoms with E-state index in [2.05, 4.69) is 43.0 Å². The molecule has 0 bridgehead atoms. The molecule has 3 nitrogen and oxygen atoms in total. The Kier molecular flexibility index (Phi) is 3.57. The van der Waals surface area contributed by atoms with Crippen LogP contribution in [0.2, 0.25) is 0 Å². The van der Waals surface area contributed by atoms with Gasteiger partial charge >= 0.3 is 0 Å². The van der Waals surface area contributed by atoms with Crippen LogP contribution in [0.4, 0.5) is 5.13 Å². The van der Waals surface area contributed by atoms with Crippen LogP contribution in [0.3, 0.4) is 0 Å². The minimum absolute atomic E-state index is 0.289. The molecule has 0 spiro atoms. The van der Waals surface area contributed by atoms with Crippen LogP contribution in [0.5, 0.6) is 0 Å². The molecular weight excluding hydrogens is 268 g/mol. The number of carbonyl (C=O) groups is 1. The van der Waals surface area contributed by atoms with Gasteiger partial charge < -0.3 is 4.90 Å². The average Bonchev–Trinajstić information content (AvgIpc) is 2.91. The van der Waals surface area contributed by atoms with E-state index in [0.29, 0.717) is 0 Å². The van der Waals surface area contributed by atoms with E-state index in [1.54, 1.807) is 0 Å². The molecule has 0 saturated carbocycles. The van der Waals surface area contributed by atoms with Gasteiger partial charge in [-0.25, -0.2) is 4.98 Å². The molecule has 4 heteroatoms. The van der Waals surface area contributed by atoms with Crippen molar-refractivity contribution in [3.63, 3.8) is 0 Å². The predicted molar refractivity (Wildman–Crippen MR) is 82.8 cm³/mol. The Morgan fingerprint density at radius 3 is 2.70 bits per heavy atom. The van der Waals surface area contributed by atoms with Gasteiger partial charge in [-0.15, -0.1) is 0 Å². The molecule has 2 heterocycles. The van der Waals surface area contributed by atoms with E-state index in [4.69, 9.17) is 4.98 Å². The number of carbonyl (C=O) groups excluding carboxylic acids is 1. The normalized spacial score (nSPS) is 14.4. The van der Waals surface area contributed by atoms with Crippen LogP contribution in [0, 0.1) is 0 Å². The van der Waals surface area contributed by atoms with Crippen molar-refractivity contribution in [2.75, 3.05) is 11.4 Å². The van der Waals surface area contributed by atoms with Crippen molar-refractivity contribution in [2.24, 2.45) is 0 Å². The molecule has 0 amide bonds. The first kappa shape index (κ1) is 13.3. The lowest BCUT2D eigenvalue weighted by Gasteiger charge is -2.28. The largest absolute Gasteiger partial charge is 0.343 e. The summed E-state index contributed by atoms with van der Waals surface area (Å²) in [4.78, 5) is 18.9. The molecule has 1 aliphatic heterocycles. The van der Waals surface area contributed by atoms with Crippen molar-refractivity contribution < 1.29 is 4.79 Å². The summed E-state index contributed by atoms with van der Waals surface area (Å²) in [5.41, 5.74) is 3.73. The quantitative estimate of drug-likeness (QED) is 0.808. The van der Waals surface area contributed by atoms with Crippen molar-refractivity contribution in [1.82, 2.24) is 4.98 Å². The topological polar surface area (TPSA) is 33.2 Å². The summed E-state index contributed by atoms with van der Waals surface area (Å²) in [5.74, 6) is 0.289. The zero-order chi connectivity index (χ0) is 14.1. The molecule has 0 unspecified atom stereocenters. The highest BCUT2D eigenvalue weighted by Gasteiger charge is 2.21. The Hall–Kier alpha value is -1.68. The number of thiazole rings is 1. The van der Waals surface area contributed by atoms with Gasteiger partial charge in [0.05, 0.1) is 10.6 Å². The highest BCUT2D eigenvalue weighted by molar-refractivity contribution is 7.17. The van der Waals surface area contributed by atoms with Gasteiger partial charge in [-0.05, 0) is 23.5 Å². The zero-order valence-electron chi connectivity index (χ0n) is 11.8. The van der Waals surface area contributed by atoms with E-state index in [-0.39, 0.29) is 5.92 Å². The molecule has 1 aromatic heterocycles. The smallest absolute Gasteiger partial charge is 0.186 e. The maximum atomic E-state index is 11.2. The number of hydrogen-bond donors (Lipinski definition) is 0. The van der Waals surface area contributed by atoms with Gasteiger partial charge in [0.25, 0.3) is 0 Å². The summed E-state index contributed by atoms with van der Waals surface area (Å²) in [5, 5.41) is 0.977. The number of benzene rings is 1. The van der Waals surface area contributed by atoms with Gasteiger partial charge in [-0.3, -0.25) is 4.79 Å². The highest BCUT2D eigenvalue weighted by Crippen LogP contribution is 2.32. The monoisotopic (exact) mass is 286 g/mol. The second-order valence-corrected chi connectivity index (χ2v) is 6.47. The summed E-state index contributed by atoms with van der Waals surface area (Å²) in [6.45, 7) is 6.02. The number of hydrogen-bond acceptors (Lipinski definition) is 4. The fourth-order valence-corrected chi connectivity index (χ4v) is 3.68. The van der Waals surface area contributed by atoms with Crippen LogP contribution < -0.4 is 4.90 Å². The molecule has 104 valence electrons. The van der Waals surface area contributed by atoms with Crippen molar-refractivity contribution in [3.05, 3.63) is 46.0 Å². The van der Waals surface area contributed by atoms with E-state index in [1.807, 2.05) is 0 Å². The van der Waals surface area contributed by atoms with Crippen LogP contribution in [0.15, 0.2) is 24.3 Å². The van der Waals surface area contributed by atoms with E-state index in [9.17, 15) is 4.79 Å². The third-order valence-electron chi connectivity index (χ3n) is 3.72. The average molecular weight is 286 g/mol. The van der Waals surface area contributed by atoms with E-state index >= 15 is 0 Å². The fourth-order valence-electron chi connectivity index (χ4n) is 2.62. The van der Waals surface area contributed by atoms with Gasteiger partial charge in [0, 0.05) is 13.1 Å². The summed E-state index contributed by atoms with van der Waals surface area (Å²) in [6.07, 6.45) is 1.98. The lowest BCUT2D eigenvalue weighted by atomic mass is 10.0. The Balaban J connectivity index is 1.90. The van der Waals surface area contributed by atoms with Gasteiger partial charge in [-0.1, -0.05) is 49.4 Å². The van der Waals surface area contributed by atoms with Crippen molar-refractivity contribution in [2.45, 2.75) is 32.7 Å². The molecule has 0 radical (unpaired) electrons. The summed E-state index contributed by atoms with van der Waals surface area (Å²) >= 11 is 1.52. The standard InChI is InChI=1S/C16H18N2OS/c1-11(2)15-14(10-19)20-16(17-15)18-8-7-12-5-3-4-6-13(12)9-18/h3-6,10-11H,7-9H2,1-2H3. The first-order valence-electron chi connectivity index (χ1n) is 6.96. The summed E-state index contributed by atoms with van der Waals surface area (Å²) in [6, 6.07) is 8.56. The Bertz CT molecular complexity index is 633. The molecule has 0 aliphatic carbocycles. The highest BCUT2D eigenvalue weighted by atomic mass is 32.1. The Morgan fingerprint density at radius 2 is 2.05 bits per heavy atom. The van der Waals surface area contributed by atoms with E-state index < -0.39 is 0 Å². The lowest BCUT2D eigenvalue weighted by molar-refractivity contribution is 0.112. The first-order valence-corrected chi connectivity index (χ1v) is 7.78. The molecule has 2 aromatic rings. The van der Waals surface area contributed by atoms with Crippen molar-refractivity contribution >= 4 is 22.8 Å². The maximum Gasteiger partial charge on any atom is 0.186 e. The minimum Gasteiger partial charge on any atom is -0.343 e. The number of aldehydes is 1. The summed E-state index contributed by atoms with van der Waals surface area (Å²) in [7, 11) is 0. The maximum absolute atomic E-state index is 11.2. The molecular formula is C16H18N2OS. The van der Waals surface area contributed by atoms with Gasteiger partial charge in [-0.2, -0.15) is 0 Å². The number of fused-ring (bicyclic) bond motifs is 1. The van der Waals surface area contributed by atoms with E-state index in [0.717, 1.165) is 41.5 Å². The molecule has 0 atom stereocenters. The predicted octanol–water partition coefficient (Wildman–Crippen LogP) is 3.64. The van der Waals surface area contributed by atoms with Crippen LogP contribution in [-0.2, 0) is 13.0 Å². The minimum atomic E-state index is 0.289. The van der Waals surface area contributed by atoms with Gasteiger partial charge in [0.1, 0.15) is 0 Å². The number of aromatic nitrogens is 1. The van der Waals surface area contributed by atoms with Crippen molar-refractivity contribution in [3.8, 4) is 0 Å². The van der Waals surface area contributed by atoms with Crippen molar-refractivity contribution in [1.29, 1.82) is 0 Å². The van der Waals surface area contributed by atoms with Crippen LogP contribution in [0.25, 0.3) is 0 Å². The fraction of sp³-hybridized carbons (Fsp3) is 0.375. The molecule has 0 saturated heterocycles.